The number of fused-ring (bicyclic) bond motifs is 1. The van der Waals surface area contributed by atoms with E-state index in [2.05, 4.69) is 5.32 Å². The molecule has 4 heteroatoms. The first kappa shape index (κ1) is 15.2. The SMILES string of the molecule is COc1cccc2cc(C(=O)N[C@@H](C)c3ccc(C)cc3)oc12. The van der Waals surface area contributed by atoms with E-state index in [1.807, 2.05) is 56.3 Å². The van der Waals surface area contributed by atoms with Crippen LogP contribution in [0.2, 0.25) is 0 Å². The van der Waals surface area contributed by atoms with Gasteiger partial charge >= 0.3 is 0 Å². The summed E-state index contributed by atoms with van der Waals surface area (Å²) in [5.74, 6) is 0.660. The van der Waals surface area contributed by atoms with E-state index in [4.69, 9.17) is 9.15 Å². The summed E-state index contributed by atoms with van der Waals surface area (Å²) in [6.45, 7) is 3.99. The maximum Gasteiger partial charge on any atom is 0.287 e. The Morgan fingerprint density at radius 2 is 1.91 bits per heavy atom. The highest BCUT2D eigenvalue weighted by Crippen LogP contribution is 2.28. The predicted molar refractivity (Wildman–Crippen MR) is 89.8 cm³/mol. The smallest absolute Gasteiger partial charge is 0.287 e. The number of hydrogen-bond acceptors (Lipinski definition) is 3. The molecule has 1 aromatic heterocycles. The second kappa shape index (κ2) is 6.16. The van der Waals surface area contributed by atoms with E-state index in [1.165, 1.54) is 5.56 Å². The summed E-state index contributed by atoms with van der Waals surface area (Å²) in [6.07, 6.45) is 0. The molecule has 0 aliphatic carbocycles. The van der Waals surface area contributed by atoms with Crippen molar-refractivity contribution in [1.29, 1.82) is 0 Å². The first-order chi connectivity index (χ1) is 11.1. The van der Waals surface area contributed by atoms with Gasteiger partial charge in [0.05, 0.1) is 13.2 Å². The van der Waals surface area contributed by atoms with Gasteiger partial charge in [-0.1, -0.05) is 42.0 Å². The van der Waals surface area contributed by atoms with Crippen LogP contribution in [-0.2, 0) is 0 Å². The minimum Gasteiger partial charge on any atom is -0.493 e. The number of methoxy groups -OCH3 is 1. The van der Waals surface area contributed by atoms with E-state index in [0.717, 1.165) is 10.9 Å². The molecule has 1 heterocycles. The second-order valence-electron chi connectivity index (χ2n) is 5.60. The lowest BCUT2D eigenvalue weighted by atomic mass is 10.1. The summed E-state index contributed by atoms with van der Waals surface area (Å²) in [7, 11) is 1.58. The lowest BCUT2D eigenvalue weighted by Gasteiger charge is -2.13. The van der Waals surface area contributed by atoms with E-state index in [-0.39, 0.29) is 17.7 Å². The number of hydrogen-bond donors (Lipinski definition) is 1. The van der Waals surface area contributed by atoms with Crippen LogP contribution in [-0.4, -0.2) is 13.0 Å². The van der Waals surface area contributed by atoms with Crippen LogP contribution in [0.3, 0.4) is 0 Å². The summed E-state index contributed by atoms with van der Waals surface area (Å²) in [5, 5.41) is 3.80. The van der Waals surface area contributed by atoms with Gasteiger partial charge in [0.1, 0.15) is 0 Å². The van der Waals surface area contributed by atoms with Gasteiger partial charge in [0.15, 0.2) is 17.1 Å². The molecule has 1 N–H and O–H groups in total. The first-order valence-corrected chi connectivity index (χ1v) is 7.52. The molecule has 0 saturated carbocycles. The Balaban J connectivity index is 1.81. The monoisotopic (exact) mass is 309 g/mol. The number of aryl methyl sites for hydroxylation is 1. The number of furan rings is 1. The largest absolute Gasteiger partial charge is 0.493 e. The van der Waals surface area contributed by atoms with Crippen molar-refractivity contribution in [3.05, 3.63) is 65.4 Å². The fraction of sp³-hybridized carbons (Fsp3) is 0.211. The Morgan fingerprint density at radius 3 is 2.61 bits per heavy atom. The molecule has 3 aromatic rings. The lowest BCUT2D eigenvalue weighted by molar-refractivity contribution is 0.0914. The zero-order chi connectivity index (χ0) is 16.4. The molecule has 0 fully saturated rings. The Morgan fingerprint density at radius 1 is 1.17 bits per heavy atom. The van der Waals surface area contributed by atoms with E-state index < -0.39 is 0 Å². The number of benzene rings is 2. The van der Waals surface area contributed by atoms with Crippen LogP contribution in [0.5, 0.6) is 5.75 Å². The van der Waals surface area contributed by atoms with Gasteiger partial charge in [0.25, 0.3) is 5.91 Å². The highest BCUT2D eigenvalue weighted by molar-refractivity contribution is 5.97. The first-order valence-electron chi connectivity index (χ1n) is 7.52. The van der Waals surface area contributed by atoms with Crippen LogP contribution in [0.1, 0.15) is 34.6 Å². The van der Waals surface area contributed by atoms with Gasteiger partial charge in [-0.15, -0.1) is 0 Å². The molecule has 118 valence electrons. The summed E-state index contributed by atoms with van der Waals surface area (Å²) >= 11 is 0. The van der Waals surface area contributed by atoms with Crippen molar-refractivity contribution in [3.63, 3.8) is 0 Å². The second-order valence-corrected chi connectivity index (χ2v) is 5.60. The molecular weight excluding hydrogens is 290 g/mol. The minimum absolute atomic E-state index is 0.0989. The Kier molecular flexibility index (Phi) is 4.06. The van der Waals surface area contributed by atoms with E-state index in [1.54, 1.807) is 13.2 Å². The van der Waals surface area contributed by atoms with E-state index in [0.29, 0.717) is 11.3 Å². The molecule has 0 spiro atoms. The zero-order valence-corrected chi connectivity index (χ0v) is 13.4. The number of ether oxygens (including phenoxy) is 1. The molecule has 2 aromatic carbocycles. The van der Waals surface area contributed by atoms with Crippen molar-refractivity contribution < 1.29 is 13.9 Å². The van der Waals surface area contributed by atoms with Crippen molar-refractivity contribution in [2.45, 2.75) is 19.9 Å². The third-order valence-corrected chi connectivity index (χ3v) is 3.88. The maximum absolute atomic E-state index is 12.4. The molecule has 0 bridgehead atoms. The summed E-state index contributed by atoms with van der Waals surface area (Å²) < 4.78 is 10.9. The van der Waals surface area contributed by atoms with Crippen molar-refractivity contribution in [2.75, 3.05) is 7.11 Å². The number of nitrogens with one attached hydrogen (secondary N) is 1. The summed E-state index contributed by atoms with van der Waals surface area (Å²) in [6, 6.07) is 15.3. The average molecular weight is 309 g/mol. The Labute approximate surface area is 135 Å². The molecule has 1 amide bonds. The van der Waals surface area contributed by atoms with Gasteiger partial charge < -0.3 is 14.5 Å². The number of carbonyl (C=O) groups excluding carboxylic acids is 1. The summed E-state index contributed by atoms with van der Waals surface area (Å²) in [5.41, 5.74) is 2.83. The van der Waals surface area contributed by atoms with Crippen molar-refractivity contribution in [3.8, 4) is 5.75 Å². The quantitative estimate of drug-likeness (QED) is 0.784. The van der Waals surface area contributed by atoms with Gasteiger partial charge in [-0.3, -0.25) is 4.79 Å². The Hall–Kier alpha value is -2.75. The molecule has 0 aliphatic heterocycles. The molecule has 0 aliphatic rings. The fourth-order valence-electron chi connectivity index (χ4n) is 2.52. The van der Waals surface area contributed by atoms with Crippen molar-refractivity contribution in [1.82, 2.24) is 5.32 Å². The fourth-order valence-corrected chi connectivity index (χ4v) is 2.52. The predicted octanol–water partition coefficient (Wildman–Crippen LogP) is 4.24. The molecule has 4 nitrogen and oxygen atoms in total. The molecule has 0 saturated heterocycles. The highest BCUT2D eigenvalue weighted by Gasteiger charge is 2.17. The lowest BCUT2D eigenvalue weighted by Crippen LogP contribution is -2.26. The molecule has 0 unspecified atom stereocenters. The third-order valence-electron chi connectivity index (χ3n) is 3.88. The number of para-hydroxylation sites is 1. The van der Waals surface area contributed by atoms with Gasteiger partial charge in [-0.2, -0.15) is 0 Å². The third kappa shape index (κ3) is 3.06. The number of amides is 1. The molecule has 3 rings (SSSR count). The van der Waals surface area contributed by atoms with Crippen LogP contribution >= 0.6 is 0 Å². The Bertz CT molecular complexity index is 833. The van der Waals surface area contributed by atoms with Crippen molar-refractivity contribution in [2.24, 2.45) is 0 Å². The highest BCUT2D eigenvalue weighted by atomic mass is 16.5. The zero-order valence-electron chi connectivity index (χ0n) is 13.4. The van der Waals surface area contributed by atoms with Crippen molar-refractivity contribution >= 4 is 16.9 Å². The average Bonchev–Trinajstić information content (AvgIpc) is 2.99. The van der Waals surface area contributed by atoms with Gasteiger partial charge in [-0.05, 0) is 31.5 Å². The van der Waals surface area contributed by atoms with Crippen LogP contribution in [0, 0.1) is 6.92 Å². The van der Waals surface area contributed by atoms with Crippen LogP contribution in [0.15, 0.2) is 52.9 Å². The van der Waals surface area contributed by atoms with E-state index >= 15 is 0 Å². The molecule has 0 radical (unpaired) electrons. The maximum atomic E-state index is 12.4. The van der Waals surface area contributed by atoms with Gasteiger partial charge in [0.2, 0.25) is 0 Å². The normalized spacial score (nSPS) is 12.1. The summed E-state index contributed by atoms with van der Waals surface area (Å²) in [4.78, 5) is 12.4. The standard InChI is InChI=1S/C19H19NO3/c1-12-7-9-14(10-8-12)13(2)20-19(21)17-11-15-5-4-6-16(22-3)18(15)23-17/h4-11,13H,1-3H3,(H,20,21)/t13-/m0/s1. The molecule has 1 atom stereocenters. The minimum atomic E-state index is -0.240. The van der Waals surface area contributed by atoms with Crippen LogP contribution in [0.25, 0.3) is 11.0 Å². The van der Waals surface area contributed by atoms with Crippen LogP contribution in [0.4, 0.5) is 0 Å². The molecular formula is C19H19NO3. The molecule has 23 heavy (non-hydrogen) atoms. The van der Waals surface area contributed by atoms with Gasteiger partial charge in [-0.25, -0.2) is 0 Å². The van der Waals surface area contributed by atoms with E-state index in [9.17, 15) is 4.79 Å². The number of carbonyl (C=O) groups is 1. The van der Waals surface area contributed by atoms with Crippen LogP contribution < -0.4 is 10.1 Å². The number of rotatable bonds is 4. The van der Waals surface area contributed by atoms with Gasteiger partial charge in [0, 0.05) is 5.39 Å². The topological polar surface area (TPSA) is 51.5 Å².